The molecule has 8 unspecified atom stereocenters. The molecule has 0 aromatic carbocycles. The smallest absolute Gasteiger partial charge is 0.133 e. The average molecular weight is 426 g/mol. The van der Waals surface area contributed by atoms with Gasteiger partial charge in [0.05, 0.1) is 11.7 Å². The van der Waals surface area contributed by atoms with Gasteiger partial charge in [-0.05, 0) is 107 Å². The number of piperidine rings is 1. The van der Waals surface area contributed by atoms with Crippen molar-refractivity contribution in [2.24, 2.45) is 35.0 Å². The molecule has 6 rings (SSSR count). The Labute approximate surface area is 189 Å². The molecule has 3 saturated carbocycles. The van der Waals surface area contributed by atoms with E-state index in [2.05, 4.69) is 32.7 Å². The van der Waals surface area contributed by atoms with Crippen molar-refractivity contribution in [1.29, 1.82) is 0 Å². The molecule has 2 saturated heterocycles. The number of carbonyl (C=O) groups is 1. The van der Waals surface area contributed by atoms with Crippen LogP contribution in [-0.4, -0.2) is 42.0 Å². The van der Waals surface area contributed by atoms with Gasteiger partial charge in [-0.25, -0.2) is 0 Å². The van der Waals surface area contributed by atoms with E-state index < -0.39 is 0 Å². The minimum atomic E-state index is 0.100. The number of hydrogen-bond acceptors (Lipinski definition) is 3. The van der Waals surface area contributed by atoms with Crippen molar-refractivity contribution in [3.63, 3.8) is 0 Å². The number of likely N-dealkylation sites (tertiary alicyclic amines) is 1. The number of ether oxygens (including phenoxy) is 1. The molecular weight excluding hydrogens is 382 g/mol. The minimum absolute atomic E-state index is 0.100. The zero-order chi connectivity index (χ0) is 21.5. The number of nitrogens with zero attached hydrogens (tertiary/aromatic N) is 1. The number of rotatable bonds is 0. The Balaban J connectivity index is 1.26. The lowest BCUT2D eigenvalue weighted by atomic mass is 9.52. The van der Waals surface area contributed by atoms with E-state index in [-0.39, 0.29) is 5.60 Å². The first-order valence-corrected chi connectivity index (χ1v) is 13.4. The van der Waals surface area contributed by atoms with Gasteiger partial charge in [-0.3, -0.25) is 4.79 Å². The fourth-order valence-corrected chi connectivity index (χ4v) is 9.70. The first-order chi connectivity index (χ1) is 14.8. The van der Waals surface area contributed by atoms with Gasteiger partial charge in [0.1, 0.15) is 5.78 Å². The van der Waals surface area contributed by atoms with Crippen molar-refractivity contribution in [3.05, 3.63) is 11.1 Å². The third-order valence-corrected chi connectivity index (χ3v) is 11.2. The maximum absolute atomic E-state index is 12.2. The van der Waals surface area contributed by atoms with Crippen LogP contribution in [0.4, 0.5) is 0 Å². The van der Waals surface area contributed by atoms with Gasteiger partial charge in [0.2, 0.25) is 0 Å². The summed E-state index contributed by atoms with van der Waals surface area (Å²) < 4.78 is 6.99. The number of likely N-dealkylation sites (N-methyl/N-ethyl adjacent to an activating group) is 1. The van der Waals surface area contributed by atoms with Crippen molar-refractivity contribution in [3.8, 4) is 0 Å². The Morgan fingerprint density at radius 3 is 2.81 bits per heavy atom. The second kappa shape index (κ2) is 7.16. The molecule has 4 aliphatic carbocycles. The normalized spacial score (nSPS) is 52.5. The van der Waals surface area contributed by atoms with Crippen LogP contribution >= 0.6 is 0 Å². The van der Waals surface area contributed by atoms with E-state index in [1.807, 2.05) is 5.57 Å². The fraction of sp³-hybridized carbons (Fsp3) is 0.893. The van der Waals surface area contributed by atoms with E-state index in [0.29, 0.717) is 29.3 Å². The van der Waals surface area contributed by atoms with Crippen molar-refractivity contribution in [2.45, 2.75) is 109 Å². The van der Waals surface area contributed by atoms with Crippen LogP contribution < -0.4 is 0 Å². The molecular formula is C28H43NO2. The van der Waals surface area contributed by atoms with E-state index in [0.717, 1.165) is 42.9 Å². The SMILES string of the molecule is CC1=C2CC3[C@@H](CCC4CC(=O)CCC43C)C2CCC2(C1)CC1C(CC(C)CN1C)O2. The summed E-state index contributed by atoms with van der Waals surface area (Å²) in [7, 11) is 2.32. The number of fused-ring (bicyclic) bond motifs is 6. The number of carbonyl (C=O) groups excluding carboxylic acids is 1. The highest BCUT2D eigenvalue weighted by atomic mass is 16.5. The van der Waals surface area contributed by atoms with Crippen molar-refractivity contribution >= 4 is 5.78 Å². The molecule has 0 radical (unpaired) electrons. The van der Waals surface area contributed by atoms with Crippen LogP contribution in [0.25, 0.3) is 0 Å². The van der Waals surface area contributed by atoms with E-state index in [1.165, 1.54) is 57.9 Å². The minimum Gasteiger partial charge on any atom is -0.370 e. The summed E-state index contributed by atoms with van der Waals surface area (Å²) in [4.78, 5) is 14.8. The standard InChI is InChI=1S/C28H43NO2/c1-17-11-26-25(29(4)16-17)15-28(31-26)10-8-21-22-6-5-19-12-20(30)7-9-27(19,3)24(22)13-23(21)18(2)14-28/h17,19,21-22,24-26H,5-16H2,1-4H3/t17?,19?,21?,22-,24?,25?,26?,27?,28?/m0/s1. The van der Waals surface area contributed by atoms with Gasteiger partial charge in [-0.2, -0.15) is 0 Å². The summed E-state index contributed by atoms with van der Waals surface area (Å²) in [5.74, 6) is 4.42. The van der Waals surface area contributed by atoms with Crippen LogP contribution in [0.1, 0.15) is 91.4 Å². The van der Waals surface area contributed by atoms with Crippen LogP contribution in [0.2, 0.25) is 0 Å². The van der Waals surface area contributed by atoms with E-state index in [9.17, 15) is 4.79 Å². The van der Waals surface area contributed by atoms with Crippen LogP contribution in [0.15, 0.2) is 11.1 Å². The lowest BCUT2D eigenvalue weighted by Crippen LogP contribution is -2.46. The predicted octanol–water partition coefficient (Wildman–Crippen LogP) is 5.78. The van der Waals surface area contributed by atoms with Crippen molar-refractivity contribution in [1.82, 2.24) is 4.90 Å². The Kier molecular flexibility index (Phi) is 4.83. The molecule has 1 spiro atoms. The lowest BCUT2D eigenvalue weighted by molar-refractivity contribution is -0.129. The van der Waals surface area contributed by atoms with Crippen LogP contribution in [-0.2, 0) is 9.53 Å². The van der Waals surface area contributed by atoms with Gasteiger partial charge >= 0.3 is 0 Å². The molecule has 172 valence electrons. The molecule has 31 heavy (non-hydrogen) atoms. The molecule has 0 aromatic heterocycles. The molecule has 0 bridgehead atoms. The summed E-state index contributed by atoms with van der Waals surface area (Å²) in [5.41, 5.74) is 4.01. The zero-order valence-corrected chi connectivity index (χ0v) is 20.3. The average Bonchev–Trinajstić information content (AvgIpc) is 3.23. The summed E-state index contributed by atoms with van der Waals surface area (Å²) in [5, 5.41) is 0. The summed E-state index contributed by atoms with van der Waals surface area (Å²) in [6.07, 6.45) is 13.5. The van der Waals surface area contributed by atoms with Gasteiger partial charge < -0.3 is 9.64 Å². The van der Waals surface area contributed by atoms with Gasteiger partial charge in [-0.15, -0.1) is 0 Å². The molecule has 3 heteroatoms. The van der Waals surface area contributed by atoms with E-state index >= 15 is 0 Å². The molecule has 9 atom stereocenters. The Morgan fingerprint density at radius 2 is 1.97 bits per heavy atom. The molecule has 2 heterocycles. The second-order valence-corrected chi connectivity index (χ2v) is 13.0. The number of hydrogen-bond donors (Lipinski definition) is 0. The summed E-state index contributed by atoms with van der Waals surface area (Å²) in [6, 6.07) is 0.633. The van der Waals surface area contributed by atoms with Crippen LogP contribution in [0.3, 0.4) is 0 Å². The highest BCUT2D eigenvalue weighted by molar-refractivity contribution is 5.79. The molecule has 0 amide bonds. The zero-order valence-electron chi connectivity index (χ0n) is 20.3. The maximum atomic E-state index is 12.2. The first kappa shape index (κ1) is 20.9. The summed E-state index contributed by atoms with van der Waals surface area (Å²) >= 11 is 0. The van der Waals surface area contributed by atoms with Gasteiger partial charge in [0.25, 0.3) is 0 Å². The van der Waals surface area contributed by atoms with Crippen molar-refractivity contribution < 1.29 is 9.53 Å². The van der Waals surface area contributed by atoms with Gasteiger partial charge in [0.15, 0.2) is 0 Å². The Bertz CT molecular complexity index is 803. The monoisotopic (exact) mass is 425 g/mol. The quantitative estimate of drug-likeness (QED) is 0.461. The van der Waals surface area contributed by atoms with Crippen LogP contribution in [0, 0.1) is 35.0 Å². The topological polar surface area (TPSA) is 29.5 Å². The highest BCUT2D eigenvalue weighted by Crippen LogP contribution is 2.64. The highest BCUT2D eigenvalue weighted by Gasteiger charge is 2.58. The largest absolute Gasteiger partial charge is 0.370 e. The summed E-state index contributed by atoms with van der Waals surface area (Å²) in [6.45, 7) is 8.64. The second-order valence-electron chi connectivity index (χ2n) is 13.0. The number of Topliss-reactive ketones (excluding diaryl/α,β-unsaturated/α-hetero) is 1. The van der Waals surface area contributed by atoms with E-state index in [1.54, 1.807) is 5.57 Å². The molecule has 0 N–H and O–H groups in total. The molecule has 2 aliphatic heterocycles. The molecule has 0 aromatic rings. The Hall–Kier alpha value is -0.670. The number of ketones is 1. The number of allylic oxidation sites excluding steroid dienone is 1. The third kappa shape index (κ3) is 3.15. The predicted molar refractivity (Wildman–Crippen MR) is 124 cm³/mol. The van der Waals surface area contributed by atoms with E-state index in [4.69, 9.17) is 4.74 Å². The van der Waals surface area contributed by atoms with Crippen LogP contribution in [0.5, 0.6) is 0 Å². The first-order valence-electron chi connectivity index (χ1n) is 13.4. The third-order valence-electron chi connectivity index (χ3n) is 11.2. The lowest BCUT2D eigenvalue weighted by Gasteiger charge is -2.52. The molecule has 6 aliphatic rings. The van der Waals surface area contributed by atoms with Gasteiger partial charge in [-0.1, -0.05) is 25.0 Å². The molecule has 5 fully saturated rings. The maximum Gasteiger partial charge on any atom is 0.133 e. The Morgan fingerprint density at radius 1 is 1.13 bits per heavy atom. The van der Waals surface area contributed by atoms with Gasteiger partial charge in [0, 0.05) is 25.4 Å². The van der Waals surface area contributed by atoms with Crippen molar-refractivity contribution in [2.75, 3.05) is 13.6 Å². The molecule has 3 nitrogen and oxygen atoms in total. The fourth-order valence-electron chi connectivity index (χ4n) is 9.70.